The van der Waals surface area contributed by atoms with Gasteiger partial charge in [-0.15, -0.1) is 0 Å². The van der Waals surface area contributed by atoms with E-state index in [-0.39, 0.29) is 11.9 Å². The van der Waals surface area contributed by atoms with Crippen molar-refractivity contribution >= 4 is 17.3 Å². The predicted octanol–water partition coefficient (Wildman–Crippen LogP) is 1.10. The third-order valence-corrected chi connectivity index (χ3v) is 2.54. The fourth-order valence-electron chi connectivity index (χ4n) is 1.72. The van der Waals surface area contributed by atoms with Gasteiger partial charge in [-0.1, -0.05) is 0 Å². The lowest BCUT2D eigenvalue weighted by Gasteiger charge is -2.19. The Kier molecular flexibility index (Phi) is 4.97. The Morgan fingerprint density at radius 1 is 1.50 bits per heavy atom. The molecule has 0 aliphatic carbocycles. The maximum absolute atomic E-state index is 12.2. The lowest BCUT2D eigenvalue weighted by molar-refractivity contribution is 0.0906. The molecular weight excluding hydrogens is 230 g/mol. The summed E-state index contributed by atoms with van der Waals surface area (Å²) in [5.41, 5.74) is 7.72. The molecule has 0 radical (unpaired) electrons. The number of nitrogens with two attached hydrogens (primary N) is 1. The molecule has 1 atom stereocenters. The van der Waals surface area contributed by atoms with Gasteiger partial charge in [0.05, 0.1) is 12.2 Å². The molecule has 1 amide bonds. The average molecular weight is 251 g/mol. The highest BCUT2D eigenvalue weighted by Gasteiger charge is 2.15. The van der Waals surface area contributed by atoms with Crippen LogP contribution < -0.4 is 16.0 Å². The molecular formula is C13H21N3O2. The van der Waals surface area contributed by atoms with Gasteiger partial charge in [0, 0.05) is 38.6 Å². The van der Waals surface area contributed by atoms with E-state index in [9.17, 15) is 4.79 Å². The van der Waals surface area contributed by atoms with Crippen molar-refractivity contribution in [3.8, 4) is 0 Å². The van der Waals surface area contributed by atoms with E-state index in [1.54, 1.807) is 19.2 Å². The Labute approximate surface area is 108 Å². The Morgan fingerprint density at radius 3 is 2.72 bits per heavy atom. The normalized spacial score (nSPS) is 12.0. The second-order valence-corrected chi connectivity index (χ2v) is 4.50. The topological polar surface area (TPSA) is 67.6 Å². The van der Waals surface area contributed by atoms with E-state index < -0.39 is 0 Å². The zero-order chi connectivity index (χ0) is 13.7. The molecule has 1 aromatic carbocycles. The number of benzene rings is 1. The summed E-state index contributed by atoms with van der Waals surface area (Å²) in [4.78, 5) is 14.0. The van der Waals surface area contributed by atoms with E-state index in [1.165, 1.54) is 0 Å². The molecule has 0 bridgehead atoms. The molecule has 0 aromatic heterocycles. The highest BCUT2D eigenvalue weighted by atomic mass is 16.5. The van der Waals surface area contributed by atoms with Crippen molar-refractivity contribution in [1.82, 2.24) is 5.32 Å². The van der Waals surface area contributed by atoms with Crippen LogP contribution >= 0.6 is 0 Å². The minimum atomic E-state index is -0.143. The molecule has 3 N–H and O–H groups in total. The molecule has 18 heavy (non-hydrogen) atoms. The van der Waals surface area contributed by atoms with Crippen molar-refractivity contribution in [1.29, 1.82) is 0 Å². The molecule has 0 spiro atoms. The van der Waals surface area contributed by atoms with Crippen molar-refractivity contribution in [2.24, 2.45) is 0 Å². The van der Waals surface area contributed by atoms with E-state index >= 15 is 0 Å². The molecule has 0 aliphatic heterocycles. The van der Waals surface area contributed by atoms with Crippen molar-refractivity contribution < 1.29 is 9.53 Å². The Bertz CT molecular complexity index is 419. The molecule has 100 valence electrons. The van der Waals surface area contributed by atoms with Gasteiger partial charge in [0.1, 0.15) is 0 Å². The van der Waals surface area contributed by atoms with Gasteiger partial charge in [0.2, 0.25) is 0 Å². The summed E-state index contributed by atoms with van der Waals surface area (Å²) in [5.74, 6) is -0.143. The molecule has 5 heteroatoms. The average Bonchev–Trinajstić information content (AvgIpc) is 2.28. The Morgan fingerprint density at radius 2 is 2.17 bits per heavy atom. The van der Waals surface area contributed by atoms with Crippen LogP contribution in [0.15, 0.2) is 18.2 Å². The fraction of sp³-hybridized carbons (Fsp3) is 0.462. The monoisotopic (exact) mass is 251 g/mol. The summed E-state index contributed by atoms with van der Waals surface area (Å²) in [7, 11) is 5.39. The fourth-order valence-corrected chi connectivity index (χ4v) is 1.72. The largest absolute Gasteiger partial charge is 0.399 e. The van der Waals surface area contributed by atoms with E-state index in [1.807, 2.05) is 32.0 Å². The van der Waals surface area contributed by atoms with E-state index in [2.05, 4.69) is 5.32 Å². The van der Waals surface area contributed by atoms with Crippen LogP contribution in [0.3, 0.4) is 0 Å². The van der Waals surface area contributed by atoms with E-state index in [4.69, 9.17) is 10.5 Å². The second-order valence-electron chi connectivity index (χ2n) is 4.50. The first-order chi connectivity index (χ1) is 8.45. The number of nitrogens with zero attached hydrogens (tertiary/aromatic N) is 1. The van der Waals surface area contributed by atoms with Crippen molar-refractivity contribution in [2.75, 3.05) is 38.4 Å². The number of anilines is 2. The van der Waals surface area contributed by atoms with Crippen LogP contribution in [-0.2, 0) is 4.74 Å². The highest BCUT2D eigenvalue weighted by molar-refractivity contribution is 6.00. The molecule has 0 saturated carbocycles. The maximum Gasteiger partial charge on any atom is 0.253 e. The summed E-state index contributed by atoms with van der Waals surface area (Å²) in [6.45, 7) is 2.37. The van der Waals surface area contributed by atoms with Crippen LogP contribution in [0.5, 0.6) is 0 Å². The number of nitrogen functional groups attached to an aromatic ring is 1. The number of carbonyl (C=O) groups excluding carboxylic acids is 1. The number of hydrogen-bond acceptors (Lipinski definition) is 4. The number of carbonyl (C=O) groups is 1. The van der Waals surface area contributed by atoms with E-state index in [0.717, 1.165) is 5.69 Å². The molecule has 5 nitrogen and oxygen atoms in total. The first-order valence-corrected chi connectivity index (χ1v) is 5.82. The zero-order valence-electron chi connectivity index (χ0n) is 11.4. The molecule has 0 aliphatic rings. The summed E-state index contributed by atoms with van der Waals surface area (Å²) in [6.07, 6.45) is 0. The van der Waals surface area contributed by atoms with Crippen LogP contribution in [0.2, 0.25) is 0 Å². The van der Waals surface area contributed by atoms with Gasteiger partial charge in [-0.3, -0.25) is 4.79 Å². The molecule has 0 fully saturated rings. The zero-order valence-corrected chi connectivity index (χ0v) is 11.4. The van der Waals surface area contributed by atoms with Gasteiger partial charge in [0.15, 0.2) is 0 Å². The SMILES string of the molecule is COCC(C)NC(=O)c1cc(N)ccc1N(C)C. The first kappa shape index (κ1) is 14.3. The standard InChI is InChI=1S/C13H21N3O2/c1-9(8-18-4)15-13(17)11-7-10(14)5-6-12(11)16(2)3/h5-7,9H,8,14H2,1-4H3,(H,15,17). The van der Waals surface area contributed by atoms with Gasteiger partial charge in [-0.25, -0.2) is 0 Å². The molecule has 0 heterocycles. The highest BCUT2D eigenvalue weighted by Crippen LogP contribution is 2.21. The van der Waals surface area contributed by atoms with Crippen molar-refractivity contribution in [3.63, 3.8) is 0 Å². The molecule has 1 aromatic rings. The smallest absolute Gasteiger partial charge is 0.253 e. The number of nitrogens with one attached hydrogen (secondary N) is 1. The second kappa shape index (κ2) is 6.26. The van der Waals surface area contributed by atoms with Crippen LogP contribution in [0.25, 0.3) is 0 Å². The van der Waals surface area contributed by atoms with Crippen molar-refractivity contribution in [2.45, 2.75) is 13.0 Å². The van der Waals surface area contributed by atoms with Gasteiger partial charge in [-0.05, 0) is 25.1 Å². The number of hydrogen-bond donors (Lipinski definition) is 2. The van der Waals surface area contributed by atoms with Crippen LogP contribution in [0.1, 0.15) is 17.3 Å². The Hall–Kier alpha value is -1.75. The number of amides is 1. The Balaban J connectivity index is 2.93. The summed E-state index contributed by atoms with van der Waals surface area (Å²) in [6, 6.07) is 5.26. The number of rotatable bonds is 5. The van der Waals surface area contributed by atoms with Gasteiger partial charge < -0.3 is 20.7 Å². The molecule has 1 rings (SSSR count). The third-order valence-electron chi connectivity index (χ3n) is 2.54. The lowest BCUT2D eigenvalue weighted by atomic mass is 10.1. The minimum absolute atomic E-state index is 0.0426. The maximum atomic E-state index is 12.2. The minimum Gasteiger partial charge on any atom is -0.399 e. The van der Waals surface area contributed by atoms with E-state index in [0.29, 0.717) is 17.9 Å². The molecule has 0 saturated heterocycles. The molecule has 1 unspecified atom stereocenters. The number of methoxy groups -OCH3 is 1. The number of ether oxygens (including phenoxy) is 1. The van der Waals surface area contributed by atoms with Crippen molar-refractivity contribution in [3.05, 3.63) is 23.8 Å². The van der Waals surface area contributed by atoms with Gasteiger partial charge in [0.25, 0.3) is 5.91 Å². The summed E-state index contributed by atoms with van der Waals surface area (Å²) >= 11 is 0. The van der Waals surface area contributed by atoms with Crippen LogP contribution in [-0.4, -0.2) is 39.8 Å². The quantitative estimate of drug-likeness (QED) is 0.769. The van der Waals surface area contributed by atoms with Gasteiger partial charge in [-0.2, -0.15) is 0 Å². The van der Waals surface area contributed by atoms with Crippen LogP contribution in [0.4, 0.5) is 11.4 Å². The third kappa shape index (κ3) is 3.63. The van der Waals surface area contributed by atoms with Gasteiger partial charge >= 0.3 is 0 Å². The predicted molar refractivity (Wildman–Crippen MR) is 74.0 cm³/mol. The van der Waals surface area contributed by atoms with Crippen LogP contribution in [0, 0.1) is 0 Å². The first-order valence-electron chi connectivity index (χ1n) is 5.82. The lowest BCUT2D eigenvalue weighted by Crippen LogP contribution is -2.36. The summed E-state index contributed by atoms with van der Waals surface area (Å²) < 4.78 is 4.99. The summed E-state index contributed by atoms with van der Waals surface area (Å²) in [5, 5.41) is 2.87.